The van der Waals surface area contributed by atoms with E-state index in [1.165, 1.54) is 16.7 Å². The highest BCUT2D eigenvalue weighted by molar-refractivity contribution is 9.10. The third-order valence-corrected chi connectivity index (χ3v) is 6.62. The number of aromatic nitrogens is 2. The van der Waals surface area contributed by atoms with Crippen LogP contribution in [0.15, 0.2) is 82.1 Å². The normalized spacial score (nSPS) is 12.1. The van der Waals surface area contributed by atoms with Crippen molar-refractivity contribution in [2.24, 2.45) is 0 Å². The van der Waals surface area contributed by atoms with E-state index in [2.05, 4.69) is 21.2 Å². The summed E-state index contributed by atoms with van der Waals surface area (Å²) in [7, 11) is 3.88. The van der Waals surface area contributed by atoms with E-state index in [4.69, 9.17) is 4.98 Å². The summed E-state index contributed by atoms with van der Waals surface area (Å²) in [5.41, 5.74) is 1.41. The number of anilines is 1. The molecule has 4 aromatic rings. The maximum absolute atomic E-state index is 13.8. The number of hydrogen-bond donors (Lipinski definition) is 1. The van der Waals surface area contributed by atoms with Crippen molar-refractivity contribution in [1.29, 1.82) is 0 Å². The molecule has 0 saturated heterocycles. The molecule has 9 heteroatoms. The van der Waals surface area contributed by atoms with E-state index in [0.717, 1.165) is 4.47 Å². The molecule has 2 amide bonds. The van der Waals surface area contributed by atoms with Crippen molar-refractivity contribution in [3.63, 3.8) is 0 Å². The molecule has 0 aliphatic rings. The molecule has 4 rings (SSSR count). The Balaban J connectivity index is 1.85. The van der Waals surface area contributed by atoms with Crippen molar-refractivity contribution in [3.8, 4) is 5.69 Å². The highest BCUT2D eigenvalue weighted by Crippen LogP contribution is 2.27. The van der Waals surface area contributed by atoms with E-state index in [1.54, 1.807) is 35.2 Å². The molecule has 0 bridgehead atoms. The van der Waals surface area contributed by atoms with Gasteiger partial charge in [-0.2, -0.15) is 0 Å². The number of nitrogens with one attached hydrogen (secondary N) is 1. The summed E-state index contributed by atoms with van der Waals surface area (Å²) in [6.07, 6.45) is 0.507. The number of para-hydroxylation sites is 1. The first-order valence-corrected chi connectivity index (χ1v) is 12.8. The van der Waals surface area contributed by atoms with Gasteiger partial charge in [-0.25, -0.2) is 14.2 Å². The molecule has 1 heterocycles. The molecular formula is C28H29BrFN5O2. The van der Waals surface area contributed by atoms with E-state index in [1.807, 2.05) is 56.3 Å². The van der Waals surface area contributed by atoms with Crippen LogP contribution in [0.4, 0.5) is 14.9 Å². The van der Waals surface area contributed by atoms with Gasteiger partial charge in [-0.05, 0) is 81.2 Å². The number of carbonyl (C=O) groups excluding carboxylic acids is 1. The Morgan fingerprint density at radius 1 is 1.03 bits per heavy atom. The van der Waals surface area contributed by atoms with Crippen LogP contribution in [0.2, 0.25) is 0 Å². The van der Waals surface area contributed by atoms with Crippen LogP contribution in [-0.2, 0) is 0 Å². The molecule has 1 N–H and O–H groups in total. The van der Waals surface area contributed by atoms with Gasteiger partial charge in [0.2, 0.25) is 0 Å². The second kappa shape index (κ2) is 11.7. The molecule has 0 aliphatic carbocycles. The lowest BCUT2D eigenvalue weighted by Crippen LogP contribution is -2.43. The van der Waals surface area contributed by atoms with Crippen molar-refractivity contribution in [2.45, 2.75) is 19.4 Å². The number of hydrogen-bond acceptors (Lipinski definition) is 4. The first kappa shape index (κ1) is 26.5. The zero-order valence-corrected chi connectivity index (χ0v) is 22.6. The molecule has 0 spiro atoms. The lowest BCUT2D eigenvalue weighted by atomic mass is 10.1. The van der Waals surface area contributed by atoms with Crippen LogP contribution in [0.25, 0.3) is 16.6 Å². The average molecular weight is 566 g/mol. The van der Waals surface area contributed by atoms with E-state index in [-0.39, 0.29) is 11.6 Å². The van der Waals surface area contributed by atoms with Gasteiger partial charge in [0, 0.05) is 23.2 Å². The van der Waals surface area contributed by atoms with Gasteiger partial charge in [-0.1, -0.05) is 35.0 Å². The smallest absolute Gasteiger partial charge is 0.313 e. The first-order chi connectivity index (χ1) is 17.8. The molecule has 1 unspecified atom stereocenters. The maximum Gasteiger partial charge on any atom is 0.322 e. The quantitative estimate of drug-likeness (QED) is 0.291. The fourth-order valence-corrected chi connectivity index (χ4v) is 4.45. The minimum Gasteiger partial charge on any atom is -0.313 e. The van der Waals surface area contributed by atoms with Crippen molar-refractivity contribution in [1.82, 2.24) is 19.4 Å². The monoisotopic (exact) mass is 565 g/mol. The fourth-order valence-electron chi connectivity index (χ4n) is 4.19. The van der Waals surface area contributed by atoms with Gasteiger partial charge < -0.3 is 15.1 Å². The van der Waals surface area contributed by atoms with Crippen molar-refractivity contribution < 1.29 is 9.18 Å². The fraction of sp³-hybridized carbons (Fsp3) is 0.250. The molecule has 0 aliphatic heterocycles. The number of urea groups is 1. The number of halogens is 2. The topological polar surface area (TPSA) is 70.5 Å². The molecular weight excluding hydrogens is 537 g/mol. The zero-order chi connectivity index (χ0) is 26.5. The summed E-state index contributed by atoms with van der Waals surface area (Å²) >= 11 is 3.41. The largest absolute Gasteiger partial charge is 0.322 e. The van der Waals surface area contributed by atoms with Crippen molar-refractivity contribution >= 4 is 38.6 Å². The highest BCUT2D eigenvalue weighted by Gasteiger charge is 2.29. The van der Waals surface area contributed by atoms with Gasteiger partial charge in [0.25, 0.3) is 5.56 Å². The molecule has 1 atom stereocenters. The van der Waals surface area contributed by atoms with Crippen LogP contribution in [0.1, 0.15) is 25.2 Å². The number of likely N-dealkylation sites (N-methyl/N-ethyl adjacent to an activating group) is 1. The van der Waals surface area contributed by atoms with Crippen molar-refractivity contribution in [3.05, 3.63) is 99.3 Å². The standard InChI is InChI=1S/C28H29BrFN5O2/c1-4-25(34(18-17-33(2)3)28(37)31-21-13-9-19(29)10-14-21)26-32-24-8-6-5-7-23(24)27(36)35(26)22-15-11-20(30)12-16-22/h5-16,25H,4,17-18H2,1-3H3,(H,31,37). The molecule has 1 aromatic heterocycles. The van der Waals surface area contributed by atoms with Gasteiger partial charge in [-0.3, -0.25) is 9.36 Å². The Morgan fingerprint density at radius 3 is 2.35 bits per heavy atom. The number of carbonyl (C=O) groups is 1. The van der Waals surface area contributed by atoms with Gasteiger partial charge >= 0.3 is 6.03 Å². The highest BCUT2D eigenvalue weighted by atomic mass is 79.9. The van der Waals surface area contributed by atoms with Crippen LogP contribution in [0, 0.1) is 5.82 Å². The Hall–Kier alpha value is -3.56. The summed E-state index contributed by atoms with van der Waals surface area (Å²) in [5.74, 6) is 0.0168. The molecule has 0 saturated carbocycles. The van der Waals surface area contributed by atoms with Crippen LogP contribution in [-0.4, -0.2) is 52.6 Å². The predicted octanol–water partition coefficient (Wildman–Crippen LogP) is 5.83. The lowest BCUT2D eigenvalue weighted by molar-refractivity contribution is 0.173. The Bertz CT molecular complexity index is 1440. The number of fused-ring (bicyclic) bond motifs is 1. The van der Waals surface area contributed by atoms with E-state index >= 15 is 0 Å². The van der Waals surface area contributed by atoms with E-state index in [9.17, 15) is 14.0 Å². The lowest BCUT2D eigenvalue weighted by Gasteiger charge is -2.33. The van der Waals surface area contributed by atoms with Crippen LogP contribution >= 0.6 is 15.9 Å². The van der Waals surface area contributed by atoms with E-state index < -0.39 is 11.9 Å². The third kappa shape index (κ3) is 6.06. The number of nitrogens with zero attached hydrogens (tertiary/aromatic N) is 4. The summed E-state index contributed by atoms with van der Waals surface area (Å²) < 4.78 is 16.2. The molecule has 7 nitrogen and oxygen atoms in total. The van der Waals surface area contributed by atoms with Crippen molar-refractivity contribution in [2.75, 3.05) is 32.5 Å². The SMILES string of the molecule is CCC(c1nc2ccccc2c(=O)n1-c1ccc(F)cc1)N(CCN(C)C)C(=O)Nc1ccc(Br)cc1. The van der Waals surface area contributed by atoms with Crippen LogP contribution < -0.4 is 10.9 Å². The number of amides is 2. The minimum absolute atomic E-state index is 0.272. The van der Waals surface area contributed by atoms with Gasteiger partial charge in [0.15, 0.2) is 0 Å². The summed E-state index contributed by atoms with van der Waals surface area (Å²) in [6, 6.07) is 19.4. The van der Waals surface area contributed by atoms with Gasteiger partial charge in [0.05, 0.1) is 22.6 Å². The minimum atomic E-state index is -0.530. The average Bonchev–Trinajstić information content (AvgIpc) is 2.88. The third-order valence-electron chi connectivity index (χ3n) is 6.09. The molecule has 192 valence electrons. The predicted molar refractivity (Wildman–Crippen MR) is 149 cm³/mol. The van der Waals surface area contributed by atoms with Crippen LogP contribution in [0.5, 0.6) is 0 Å². The Kier molecular flexibility index (Phi) is 8.35. The van der Waals surface area contributed by atoms with Crippen LogP contribution in [0.3, 0.4) is 0 Å². The molecule has 37 heavy (non-hydrogen) atoms. The Labute approximate surface area is 223 Å². The second-order valence-electron chi connectivity index (χ2n) is 8.96. The Morgan fingerprint density at radius 2 is 1.70 bits per heavy atom. The molecule has 0 fully saturated rings. The summed E-state index contributed by atoms with van der Waals surface area (Å²) in [6.45, 7) is 2.97. The second-order valence-corrected chi connectivity index (χ2v) is 9.88. The zero-order valence-electron chi connectivity index (χ0n) is 21.0. The van der Waals surface area contributed by atoms with Gasteiger partial charge in [-0.15, -0.1) is 0 Å². The molecule has 0 radical (unpaired) electrons. The number of benzene rings is 3. The van der Waals surface area contributed by atoms with E-state index in [0.29, 0.717) is 47.6 Å². The summed E-state index contributed by atoms with van der Waals surface area (Å²) in [5, 5.41) is 3.43. The maximum atomic E-state index is 13.8. The molecule has 3 aromatic carbocycles. The summed E-state index contributed by atoms with van der Waals surface area (Å²) in [4.78, 5) is 36.0. The number of rotatable bonds is 8. The van der Waals surface area contributed by atoms with Gasteiger partial charge in [0.1, 0.15) is 11.6 Å². The first-order valence-electron chi connectivity index (χ1n) is 12.0.